The molecule has 0 saturated carbocycles. The van der Waals surface area contributed by atoms with Crippen LogP contribution in [-0.4, -0.2) is 4.98 Å². The highest BCUT2D eigenvalue weighted by molar-refractivity contribution is 6.35. The maximum Gasteiger partial charge on any atom is 0.142 e. The molecular formula is C14H20ClFN2. The number of anilines is 1. The van der Waals surface area contributed by atoms with Crippen molar-refractivity contribution >= 4 is 28.3 Å². The molecule has 0 radical (unpaired) electrons. The zero-order chi connectivity index (χ0) is 14.3. The van der Waals surface area contributed by atoms with Crippen LogP contribution in [0.5, 0.6) is 0 Å². The Kier molecular flexibility index (Phi) is 7.29. The Hall–Kier alpha value is -1.35. The van der Waals surface area contributed by atoms with Gasteiger partial charge in [-0.25, -0.2) is 9.37 Å². The van der Waals surface area contributed by atoms with Crippen molar-refractivity contribution in [1.82, 2.24) is 4.98 Å². The van der Waals surface area contributed by atoms with E-state index in [1.807, 2.05) is 34.6 Å². The lowest BCUT2D eigenvalue weighted by atomic mass is 10.1. The van der Waals surface area contributed by atoms with E-state index in [2.05, 4.69) is 4.98 Å². The zero-order valence-electron chi connectivity index (χ0n) is 11.5. The summed E-state index contributed by atoms with van der Waals surface area (Å²) in [6.45, 7) is 9.83. The molecule has 0 unspecified atom stereocenters. The first kappa shape index (κ1) is 16.6. The fourth-order valence-corrected chi connectivity index (χ4v) is 1.78. The molecule has 2 rings (SSSR count). The van der Waals surface area contributed by atoms with E-state index >= 15 is 0 Å². The lowest BCUT2D eigenvalue weighted by Gasteiger charge is -2.05. The van der Waals surface area contributed by atoms with Crippen LogP contribution in [0.15, 0.2) is 18.2 Å². The van der Waals surface area contributed by atoms with Crippen molar-refractivity contribution in [3.63, 3.8) is 0 Å². The first-order chi connectivity index (χ1) is 8.59. The van der Waals surface area contributed by atoms with Gasteiger partial charge in [-0.05, 0) is 30.7 Å². The van der Waals surface area contributed by atoms with Crippen LogP contribution in [0.3, 0.4) is 0 Å². The fourth-order valence-electron chi connectivity index (χ4n) is 1.47. The number of benzene rings is 1. The van der Waals surface area contributed by atoms with E-state index in [-0.39, 0.29) is 5.02 Å². The van der Waals surface area contributed by atoms with Crippen molar-refractivity contribution < 1.29 is 4.39 Å². The number of nitrogen functional groups attached to an aromatic ring is 1. The van der Waals surface area contributed by atoms with Gasteiger partial charge in [0, 0.05) is 5.39 Å². The highest BCUT2D eigenvalue weighted by atomic mass is 35.5. The molecule has 0 spiro atoms. The van der Waals surface area contributed by atoms with Crippen molar-refractivity contribution in [3.8, 4) is 0 Å². The third-order valence-electron chi connectivity index (χ3n) is 2.08. The number of pyridine rings is 1. The summed E-state index contributed by atoms with van der Waals surface area (Å²) >= 11 is 5.83. The van der Waals surface area contributed by atoms with E-state index < -0.39 is 5.82 Å². The molecule has 1 heterocycles. The molecule has 0 saturated heterocycles. The summed E-state index contributed by atoms with van der Waals surface area (Å²) in [5.41, 5.74) is 7.01. The van der Waals surface area contributed by atoms with Crippen LogP contribution in [0.2, 0.25) is 5.02 Å². The Bertz CT molecular complexity index is 513. The molecular weight excluding hydrogens is 251 g/mol. The van der Waals surface area contributed by atoms with Gasteiger partial charge in [-0.15, -0.1) is 0 Å². The average Bonchev–Trinajstić information content (AvgIpc) is 2.38. The topological polar surface area (TPSA) is 38.9 Å². The Labute approximate surface area is 113 Å². The minimum atomic E-state index is -0.436. The maximum atomic E-state index is 13.1. The molecule has 2 N–H and O–H groups in total. The smallest absolute Gasteiger partial charge is 0.142 e. The standard InChI is InChI=1S/C10H8ClFN2.2C2H6/c1-5-4-8(13)14-7-3-2-6(12)10(11)9(5)7;2*1-2/h2-4H,1H3,(H2,13,14);2*1-2H3. The monoisotopic (exact) mass is 270 g/mol. The van der Waals surface area contributed by atoms with Gasteiger partial charge in [-0.2, -0.15) is 0 Å². The van der Waals surface area contributed by atoms with Gasteiger partial charge < -0.3 is 5.73 Å². The van der Waals surface area contributed by atoms with Crippen molar-refractivity contribution in [3.05, 3.63) is 34.6 Å². The largest absolute Gasteiger partial charge is 0.384 e. The second-order valence-corrected chi connectivity index (χ2v) is 3.50. The Morgan fingerprint density at radius 3 is 2.28 bits per heavy atom. The predicted octanol–water partition coefficient (Wildman–Crippen LogP) is 4.97. The number of nitrogens with two attached hydrogens (primary N) is 1. The first-order valence-corrected chi connectivity index (χ1v) is 6.48. The quantitative estimate of drug-likeness (QED) is 0.734. The van der Waals surface area contributed by atoms with Crippen LogP contribution in [0, 0.1) is 12.7 Å². The number of hydrogen-bond acceptors (Lipinski definition) is 2. The van der Waals surface area contributed by atoms with Gasteiger partial charge in [-0.1, -0.05) is 39.3 Å². The van der Waals surface area contributed by atoms with Crippen LogP contribution >= 0.6 is 11.6 Å². The van der Waals surface area contributed by atoms with Gasteiger partial charge in [0.25, 0.3) is 0 Å². The summed E-state index contributed by atoms with van der Waals surface area (Å²) in [6.07, 6.45) is 0. The molecule has 0 aliphatic heterocycles. The summed E-state index contributed by atoms with van der Waals surface area (Å²) in [4.78, 5) is 4.07. The molecule has 100 valence electrons. The van der Waals surface area contributed by atoms with Gasteiger partial charge in [0.1, 0.15) is 11.6 Å². The average molecular weight is 271 g/mol. The number of hydrogen-bond donors (Lipinski definition) is 1. The van der Waals surface area contributed by atoms with E-state index in [1.165, 1.54) is 6.07 Å². The third-order valence-corrected chi connectivity index (χ3v) is 2.45. The van der Waals surface area contributed by atoms with E-state index in [1.54, 1.807) is 12.1 Å². The van der Waals surface area contributed by atoms with Crippen molar-refractivity contribution in [2.24, 2.45) is 0 Å². The van der Waals surface area contributed by atoms with E-state index in [9.17, 15) is 4.39 Å². The van der Waals surface area contributed by atoms with Gasteiger partial charge in [0.05, 0.1) is 10.5 Å². The molecule has 0 atom stereocenters. The lowest BCUT2D eigenvalue weighted by Crippen LogP contribution is -1.93. The minimum Gasteiger partial charge on any atom is -0.384 e. The van der Waals surface area contributed by atoms with Gasteiger partial charge >= 0.3 is 0 Å². The molecule has 0 aliphatic carbocycles. The number of aryl methyl sites for hydroxylation is 1. The van der Waals surface area contributed by atoms with Gasteiger partial charge in [-0.3, -0.25) is 0 Å². The first-order valence-electron chi connectivity index (χ1n) is 6.10. The Morgan fingerprint density at radius 2 is 1.72 bits per heavy atom. The normalized spacial score (nSPS) is 9.06. The number of rotatable bonds is 0. The van der Waals surface area contributed by atoms with Crippen LogP contribution < -0.4 is 5.73 Å². The van der Waals surface area contributed by atoms with Gasteiger partial charge in [0.15, 0.2) is 0 Å². The predicted molar refractivity (Wildman–Crippen MR) is 78.6 cm³/mol. The summed E-state index contributed by atoms with van der Waals surface area (Å²) in [7, 11) is 0. The summed E-state index contributed by atoms with van der Waals surface area (Å²) in [5.74, 6) is -0.0217. The van der Waals surface area contributed by atoms with E-state index in [4.69, 9.17) is 17.3 Å². The second kappa shape index (κ2) is 7.88. The van der Waals surface area contributed by atoms with E-state index in [0.29, 0.717) is 16.7 Å². The molecule has 4 heteroatoms. The molecule has 2 aromatic rings. The minimum absolute atomic E-state index is 0.104. The Balaban J connectivity index is 0.000000659. The van der Waals surface area contributed by atoms with Crippen LogP contribution in [-0.2, 0) is 0 Å². The van der Waals surface area contributed by atoms with Crippen LogP contribution in [0.4, 0.5) is 10.2 Å². The molecule has 0 bridgehead atoms. The molecule has 2 nitrogen and oxygen atoms in total. The molecule has 18 heavy (non-hydrogen) atoms. The van der Waals surface area contributed by atoms with Crippen LogP contribution in [0.1, 0.15) is 33.3 Å². The highest BCUT2D eigenvalue weighted by Gasteiger charge is 2.08. The van der Waals surface area contributed by atoms with Gasteiger partial charge in [0.2, 0.25) is 0 Å². The molecule has 0 fully saturated rings. The third kappa shape index (κ3) is 3.57. The fraction of sp³-hybridized carbons (Fsp3) is 0.357. The second-order valence-electron chi connectivity index (χ2n) is 3.12. The van der Waals surface area contributed by atoms with Crippen molar-refractivity contribution in [2.75, 3.05) is 5.73 Å². The number of nitrogens with zero attached hydrogens (tertiary/aromatic N) is 1. The van der Waals surface area contributed by atoms with Crippen molar-refractivity contribution in [1.29, 1.82) is 0 Å². The summed E-state index contributed by atoms with van der Waals surface area (Å²) in [6, 6.07) is 4.53. The molecule has 1 aromatic carbocycles. The summed E-state index contributed by atoms with van der Waals surface area (Å²) in [5, 5.41) is 0.730. The zero-order valence-corrected chi connectivity index (χ0v) is 12.3. The SMILES string of the molecule is CC.CC.Cc1cc(N)nc2ccc(F)c(Cl)c12. The number of aromatic nitrogens is 1. The highest BCUT2D eigenvalue weighted by Crippen LogP contribution is 2.28. The maximum absolute atomic E-state index is 13.1. The number of fused-ring (bicyclic) bond motifs is 1. The number of halogens is 2. The summed E-state index contributed by atoms with van der Waals surface area (Å²) < 4.78 is 13.1. The molecule has 1 aromatic heterocycles. The lowest BCUT2D eigenvalue weighted by molar-refractivity contribution is 0.630. The van der Waals surface area contributed by atoms with Crippen LogP contribution in [0.25, 0.3) is 10.9 Å². The Morgan fingerprint density at radius 1 is 1.17 bits per heavy atom. The van der Waals surface area contributed by atoms with Crippen molar-refractivity contribution in [2.45, 2.75) is 34.6 Å². The molecule has 0 amide bonds. The van der Waals surface area contributed by atoms with E-state index in [0.717, 1.165) is 5.56 Å². The molecule has 0 aliphatic rings.